The second kappa shape index (κ2) is 12.4. The van der Waals surface area contributed by atoms with Crippen LogP contribution in [0.2, 0.25) is 0 Å². The van der Waals surface area contributed by atoms with Crippen LogP contribution in [0.15, 0.2) is 71.7 Å². The summed E-state index contributed by atoms with van der Waals surface area (Å²) in [7, 11) is 3.02. The molecule has 8 heteroatoms. The number of hydrogen-bond donors (Lipinski definition) is 2. The van der Waals surface area contributed by atoms with E-state index in [1.54, 1.807) is 24.3 Å². The summed E-state index contributed by atoms with van der Waals surface area (Å²) < 4.78 is 16.1. The molecule has 0 aliphatic heterocycles. The summed E-state index contributed by atoms with van der Waals surface area (Å²) in [5.41, 5.74) is 1.54. The van der Waals surface area contributed by atoms with Gasteiger partial charge in [0.1, 0.15) is 5.70 Å². The molecule has 2 aromatic carbocycles. The molecule has 0 atom stereocenters. The third-order valence-corrected chi connectivity index (χ3v) is 5.43. The number of carbonyl (C=O) groups excluding carboxylic acids is 2. The molecular formula is C25H26N2O5S. The van der Waals surface area contributed by atoms with Crippen LogP contribution in [-0.2, 0) is 16.1 Å². The number of thiophene rings is 1. The van der Waals surface area contributed by atoms with Gasteiger partial charge in [0, 0.05) is 17.0 Å². The van der Waals surface area contributed by atoms with Gasteiger partial charge in [-0.3, -0.25) is 9.59 Å². The molecule has 3 aromatic rings. The molecule has 2 amide bonds. The lowest BCUT2D eigenvalue weighted by atomic mass is 10.1. The Hall–Kier alpha value is -3.62. The van der Waals surface area contributed by atoms with Crippen molar-refractivity contribution in [1.82, 2.24) is 10.6 Å². The largest absolute Gasteiger partial charge is 0.493 e. The van der Waals surface area contributed by atoms with E-state index < -0.39 is 11.8 Å². The summed E-state index contributed by atoms with van der Waals surface area (Å²) in [5.74, 6) is 0.0976. The molecule has 2 N–H and O–H groups in total. The highest BCUT2D eigenvalue weighted by Crippen LogP contribution is 2.27. The molecule has 0 spiro atoms. The van der Waals surface area contributed by atoms with Crippen molar-refractivity contribution in [3.63, 3.8) is 0 Å². The molecule has 1 aromatic heterocycles. The summed E-state index contributed by atoms with van der Waals surface area (Å²) >= 11 is 1.46. The number of hydrogen-bond acceptors (Lipinski definition) is 6. The SMILES string of the molecule is COc1ccc(C(=O)N/C(=C\c2cccs2)C(=O)NCCOCc2ccccc2)cc1OC. The smallest absolute Gasteiger partial charge is 0.267 e. The van der Waals surface area contributed by atoms with Gasteiger partial charge >= 0.3 is 0 Å². The standard InChI is InChI=1S/C25H26N2O5S/c1-30-22-11-10-19(15-23(22)31-2)24(28)27-21(16-20-9-6-14-33-20)25(29)26-12-13-32-17-18-7-4-3-5-8-18/h3-11,14-16H,12-13,17H2,1-2H3,(H,26,29)(H,27,28)/b21-16-. The lowest BCUT2D eigenvalue weighted by molar-refractivity contribution is -0.118. The predicted molar refractivity (Wildman–Crippen MR) is 128 cm³/mol. The first-order valence-electron chi connectivity index (χ1n) is 10.3. The average molecular weight is 467 g/mol. The van der Waals surface area contributed by atoms with Gasteiger partial charge in [-0.2, -0.15) is 0 Å². The summed E-state index contributed by atoms with van der Waals surface area (Å²) in [4.78, 5) is 26.5. The Kier molecular flexibility index (Phi) is 9.05. The fourth-order valence-electron chi connectivity index (χ4n) is 2.94. The van der Waals surface area contributed by atoms with Crippen LogP contribution in [0.3, 0.4) is 0 Å². The van der Waals surface area contributed by atoms with Crippen LogP contribution in [0.4, 0.5) is 0 Å². The highest BCUT2D eigenvalue weighted by atomic mass is 32.1. The monoisotopic (exact) mass is 466 g/mol. The van der Waals surface area contributed by atoms with Crippen molar-refractivity contribution in [3.05, 3.63) is 87.7 Å². The zero-order valence-corrected chi connectivity index (χ0v) is 19.3. The van der Waals surface area contributed by atoms with Gasteiger partial charge in [-0.25, -0.2) is 0 Å². The minimum absolute atomic E-state index is 0.139. The number of methoxy groups -OCH3 is 2. The van der Waals surface area contributed by atoms with Crippen LogP contribution in [0.1, 0.15) is 20.8 Å². The number of amides is 2. The molecule has 33 heavy (non-hydrogen) atoms. The number of ether oxygens (including phenoxy) is 3. The van der Waals surface area contributed by atoms with Gasteiger partial charge < -0.3 is 24.8 Å². The Morgan fingerprint density at radius 3 is 2.45 bits per heavy atom. The summed E-state index contributed by atoms with van der Waals surface area (Å²) in [6, 6.07) is 18.3. The Morgan fingerprint density at radius 2 is 1.76 bits per heavy atom. The van der Waals surface area contributed by atoms with Crippen molar-refractivity contribution in [2.45, 2.75) is 6.61 Å². The zero-order valence-electron chi connectivity index (χ0n) is 18.5. The van der Waals surface area contributed by atoms with Crippen LogP contribution in [0, 0.1) is 0 Å². The first kappa shape index (κ1) is 24.0. The quantitative estimate of drug-likeness (QED) is 0.331. The molecule has 172 valence electrons. The number of carbonyl (C=O) groups is 2. The second-order valence-corrected chi connectivity index (χ2v) is 7.87. The van der Waals surface area contributed by atoms with Gasteiger partial charge in [0.25, 0.3) is 11.8 Å². The molecule has 0 radical (unpaired) electrons. The predicted octanol–water partition coefficient (Wildman–Crippen LogP) is 3.87. The fraction of sp³-hybridized carbons (Fsp3) is 0.200. The minimum atomic E-state index is -0.436. The highest BCUT2D eigenvalue weighted by Gasteiger charge is 2.16. The average Bonchev–Trinajstić information content (AvgIpc) is 3.36. The maximum absolute atomic E-state index is 12.8. The molecule has 0 aliphatic rings. The van der Waals surface area contributed by atoms with Crippen LogP contribution in [-0.4, -0.2) is 39.2 Å². The molecular weight excluding hydrogens is 440 g/mol. The maximum Gasteiger partial charge on any atom is 0.267 e. The molecule has 3 rings (SSSR count). The molecule has 0 saturated heterocycles. The van der Waals surface area contributed by atoms with Crippen LogP contribution >= 0.6 is 11.3 Å². The third-order valence-electron chi connectivity index (χ3n) is 4.61. The molecule has 0 saturated carbocycles. The molecule has 0 unspecified atom stereocenters. The van der Waals surface area contributed by atoms with Crippen LogP contribution in [0.25, 0.3) is 6.08 Å². The van der Waals surface area contributed by atoms with Crippen LogP contribution < -0.4 is 20.1 Å². The van der Waals surface area contributed by atoms with Crippen molar-refractivity contribution >= 4 is 29.2 Å². The molecule has 0 aliphatic carbocycles. The summed E-state index contributed by atoms with van der Waals surface area (Å²) in [6.07, 6.45) is 1.64. The maximum atomic E-state index is 12.8. The number of benzene rings is 2. The fourth-order valence-corrected chi connectivity index (χ4v) is 3.60. The first-order valence-corrected chi connectivity index (χ1v) is 11.2. The molecule has 7 nitrogen and oxygen atoms in total. The zero-order chi connectivity index (χ0) is 23.5. The van der Waals surface area contributed by atoms with Gasteiger partial charge in [-0.1, -0.05) is 36.4 Å². The third kappa shape index (κ3) is 7.20. The van der Waals surface area contributed by atoms with Crippen LogP contribution in [0.5, 0.6) is 11.5 Å². The number of rotatable bonds is 11. The van der Waals surface area contributed by atoms with Gasteiger partial charge in [-0.05, 0) is 41.3 Å². The van der Waals surface area contributed by atoms with E-state index in [1.165, 1.54) is 25.6 Å². The molecule has 0 bridgehead atoms. The molecule has 1 heterocycles. The van der Waals surface area contributed by atoms with Crippen molar-refractivity contribution in [2.75, 3.05) is 27.4 Å². The second-order valence-electron chi connectivity index (χ2n) is 6.89. The Balaban J connectivity index is 1.62. The normalized spacial score (nSPS) is 11.0. The van der Waals surface area contributed by atoms with Crippen molar-refractivity contribution in [1.29, 1.82) is 0 Å². The van der Waals surface area contributed by atoms with E-state index >= 15 is 0 Å². The van der Waals surface area contributed by atoms with E-state index in [4.69, 9.17) is 14.2 Å². The van der Waals surface area contributed by atoms with E-state index in [1.807, 2.05) is 47.8 Å². The van der Waals surface area contributed by atoms with E-state index in [2.05, 4.69) is 10.6 Å². The summed E-state index contributed by atoms with van der Waals surface area (Å²) in [6.45, 7) is 1.11. The lowest BCUT2D eigenvalue weighted by Crippen LogP contribution is -2.36. The summed E-state index contributed by atoms with van der Waals surface area (Å²) in [5, 5.41) is 7.40. The highest BCUT2D eigenvalue weighted by molar-refractivity contribution is 7.10. The minimum Gasteiger partial charge on any atom is -0.493 e. The first-order chi connectivity index (χ1) is 16.1. The van der Waals surface area contributed by atoms with E-state index in [0.717, 1.165) is 10.4 Å². The topological polar surface area (TPSA) is 85.9 Å². The number of nitrogens with one attached hydrogen (secondary N) is 2. The van der Waals surface area contributed by atoms with Gasteiger partial charge in [-0.15, -0.1) is 11.3 Å². The van der Waals surface area contributed by atoms with Crippen molar-refractivity contribution in [2.24, 2.45) is 0 Å². The van der Waals surface area contributed by atoms with Gasteiger partial charge in [0.2, 0.25) is 0 Å². The van der Waals surface area contributed by atoms with Crippen molar-refractivity contribution in [3.8, 4) is 11.5 Å². The van der Waals surface area contributed by atoms with Gasteiger partial charge in [0.15, 0.2) is 11.5 Å². The van der Waals surface area contributed by atoms with E-state index in [9.17, 15) is 9.59 Å². The Bertz CT molecular complexity index is 1080. The van der Waals surface area contributed by atoms with E-state index in [0.29, 0.717) is 36.8 Å². The van der Waals surface area contributed by atoms with Gasteiger partial charge in [0.05, 0.1) is 27.4 Å². The Labute approximate surface area is 197 Å². The van der Waals surface area contributed by atoms with E-state index in [-0.39, 0.29) is 5.70 Å². The lowest BCUT2D eigenvalue weighted by Gasteiger charge is -2.13. The molecule has 0 fully saturated rings. The Morgan fingerprint density at radius 1 is 0.970 bits per heavy atom. The van der Waals surface area contributed by atoms with Crippen molar-refractivity contribution < 1.29 is 23.8 Å².